The highest BCUT2D eigenvalue weighted by Gasteiger charge is 2.32. The van der Waals surface area contributed by atoms with E-state index in [9.17, 15) is 4.79 Å². The van der Waals surface area contributed by atoms with Gasteiger partial charge in [-0.15, -0.1) is 0 Å². The summed E-state index contributed by atoms with van der Waals surface area (Å²) in [6, 6.07) is 0. The third-order valence-electron chi connectivity index (χ3n) is 3.39. The van der Waals surface area contributed by atoms with Crippen LogP contribution in [-0.4, -0.2) is 5.78 Å². The van der Waals surface area contributed by atoms with E-state index in [4.69, 9.17) is 0 Å². The molecule has 1 heteroatoms. The van der Waals surface area contributed by atoms with Crippen molar-refractivity contribution < 1.29 is 4.79 Å². The van der Waals surface area contributed by atoms with Gasteiger partial charge in [0, 0.05) is 5.41 Å². The van der Waals surface area contributed by atoms with Gasteiger partial charge in [0.2, 0.25) is 0 Å². The van der Waals surface area contributed by atoms with Crippen molar-refractivity contribution in [2.75, 3.05) is 0 Å². The summed E-state index contributed by atoms with van der Waals surface area (Å²) in [7, 11) is 0. The SMILES string of the molecule is [CH2]CCCC(CCC)(CCCC)C(C)=O. The number of Topliss-reactive ketones (excluding diaryl/α,β-unsaturated/α-hetero) is 1. The molecule has 1 nitrogen and oxygen atoms in total. The highest BCUT2D eigenvalue weighted by molar-refractivity contribution is 5.82. The summed E-state index contributed by atoms with van der Waals surface area (Å²) in [5.41, 5.74) is -0.0253. The molecule has 0 heterocycles. The fourth-order valence-corrected chi connectivity index (χ4v) is 2.36. The lowest BCUT2D eigenvalue weighted by atomic mass is 9.72. The first-order valence-electron chi connectivity index (χ1n) is 6.43. The maximum atomic E-state index is 11.8. The summed E-state index contributed by atoms with van der Waals surface area (Å²) >= 11 is 0. The largest absolute Gasteiger partial charge is 0.299 e. The van der Waals surface area contributed by atoms with Gasteiger partial charge in [0.05, 0.1) is 0 Å². The molecule has 0 aliphatic heterocycles. The molecule has 89 valence electrons. The maximum absolute atomic E-state index is 11.8. The molecule has 0 aliphatic carbocycles. The summed E-state index contributed by atoms with van der Waals surface area (Å²) in [6.07, 6.45) is 8.68. The quantitative estimate of drug-likeness (QED) is 0.546. The van der Waals surface area contributed by atoms with Gasteiger partial charge in [-0.2, -0.15) is 0 Å². The van der Waals surface area contributed by atoms with Gasteiger partial charge in [-0.25, -0.2) is 0 Å². The van der Waals surface area contributed by atoms with E-state index in [-0.39, 0.29) is 5.41 Å². The van der Waals surface area contributed by atoms with Gasteiger partial charge in [-0.3, -0.25) is 4.79 Å². The van der Waals surface area contributed by atoms with E-state index < -0.39 is 0 Å². The van der Waals surface area contributed by atoms with E-state index >= 15 is 0 Å². The molecule has 0 fully saturated rings. The average molecular weight is 211 g/mol. The minimum atomic E-state index is -0.0253. The second-order valence-electron chi connectivity index (χ2n) is 4.65. The fourth-order valence-electron chi connectivity index (χ4n) is 2.36. The number of hydrogen-bond acceptors (Lipinski definition) is 1. The van der Waals surface area contributed by atoms with Crippen LogP contribution in [0.4, 0.5) is 0 Å². The highest BCUT2D eigenvalue weighted by atomic mass is 16.1. The Labute approximate surface area is 95.6 Å². The van der Waals surface area contributed by atoms with Crippen LogP contribution in [0.25, 0.3) is 0 Å². The molecule has 15 heavy (non-hydrogen) atoms. The zero-order valence-corrected chi connectivity index (χ0v) is 10.8. The third kappa shape index (κ3) is 4.81. The van der Waals surface area contributed by atoms with Gasteiger partial charge in [0.25, 0.3) is 0 Å². The number of rotatable bonds is 9. The minimum absolute atomic E-state index is 0.0253. The smallest absolute Gasteiger partial charge is 0.135 e. The Kier molecular flexibility index (Phi) is 7.72. The van der Waals surface area contributed by atoms with Crippen LogP contribution in [0.5, 0.6) is 0 Å². The first-order chi connectivity index (χ1) is 7.13. The zero-order valence-electron chi connectivity index (χ0n) is 10.8. The summed E-state index contributed by atoms with van der Waals surface area (Å²) in [5, 5.41) is 0. The van der Waals surface area contributed by atoms with E-state index in [1.165, 1.54) is 12.8 Å². The Bertz CT molecular complexity index is 164. The highest BCUT2D eigenvalue weighted by Crippen LogP contribution is 2.36. The molecule has 0 spiro atoms. The molecule has 0 saturated carbocycles. The van der Waals surface area contributed by atoms with E-state index in [0.717, 1.165) is 38.5 Å². The molecule has 1 radical (unpaired) electrons. The van der Waals surface area contributed by atoms with E-state index in [2.05, 4.69) is 20.8 Å². The lowest BCUT2D eigenvalue weighted by Crippen LogP contribution is -2.29. The van der Waals surface area contributed by atoms with E-state index in [0.29, 0.717) is 5.78 Å². The lowest BCUT2D eigenvalue weighted by Gasteiger charge is -2.31. The second kappa shape index (κ2) is 7.90. The monoisotopic (exact) mass is 211 g/mol. The van der Waals surface area contributed by atoms with Crippen LogP contribution in [0, 0.1) is 12.3 Å². The molecular formula is C14H27O. The third-order valence-corrected chi connectivity index (χ3v) is 3.39. The minimum Gasteiger partial charge on any atom is -0.299 e. The summed E-state index contributed by atoms with van der Waals surface area (Å²) in [4.78, 5) is 11.8. The Hall–Kier alpha value is -0.330. The average Bonchev–Trinajstić information content (AvgIpc) is 2.22. The van der Waals surface area contributed by atoms with Crippen molar-refractivity contribution in [3.05, 3.63) is 6.92 Å². The molecule has 0 saturated heterocycles. The number of unbranched alkanes of at least 4 members (excludes halogenated alkanes) is 2. The van der Waals surface area contributed by atoms with E-state index in [1.807, 2.05) is 0 Å². The Balaban J connectivity index is 4.48. The number of ketones is 1. The maximum Gasteiger partial charge on any atom is 0.135 e. The zero-order chi connectivity index (χ0) is 11.7. The lowest BCUT2D eigenvalue weighted by molar-refractivity contribution is -0.128. The van der Waals surface area contributed by atoms with Crippen LogP contribution in [0.1, 0.15) is 72.1 Å². The molecule has 0 amide bonds. The van der Waals surface area contributed by atoms with Crippen molar-refractivity contribution in [2.24, 2.45) is 5.41 Å². The van der Waals surface area contributed by atoms with Gasteiger partial charge in [-0.05, 0) is 26.2 Å². The topological polar surface area (TPSA) is 17.1 Å². The van der Waals surface area contributed by atoms with Gasteiger partial charge >= 0.3 is 0 Å². The van der Waals surface area contributed by atoms with Gasteiger partial charge < -0.3 is 0 Å². The number of carbonyl (C=O) groups excluding carboxylic acids is 1. The predicted octanol–water partition coefficient (Wildman–Crippen LogP) is 4.56. The molecule has 0 aromatic heterocycles. The summed E-state index contributed by atoms with van der Waals surface area (Å²) < 4.78 is 0. The van der Waals surface area contributed by atoms with Gasteiger partial charge in [0.1, 0.15) is 5.78 Å². The van der Waals surface area contributed by atoms with Crippen LogP contribution in [0.15, 0.2) is 0 Å². The van der Waals surface area contributed by atoms with Crippen molar-refractivity contribution in [3.8, 4) is 0 Å². The molecule has 0 aromatic rings. The van der Waals surface area contributed by atoms with Crippen LogP contribution in [0.3, 0.4) is 0 Å². The Morgan fingerprint density at radius 1 is 1.07 bits per heavy atom. The van der Waals surface area contributed by atoms with Crippen LogP contribution in [0.2, 0.25) is 0 Å². The molecule has 1 unspecified atom stereocenters. The van der Waals surface area contributed by atoms with Crippen molar-refractivity contribution >= 4 is 5.78 Å². The Morgan fingerprint density at radius 2 is 1.67 bits per heavy atom. The number of carbonyl (C=O) groups is 1. The summed E-state index contributed by atoms with van der Waals surface area (Å²) in [5.74, 6) is 0.395. The molecule has 0 aromatic carbocycles. The molecule has 0 rings (SSSR count). The summed E-state index contributed by atoms with van der Waals surface area (Å²) in [6.45, 7) is 10.0. The molecule has 0 aliphatic rings. The number of hydrogen-bond donors (Lipinski definition) is 0. The standard InChI is InChI=1S/C14H27O/c1-5-8-11-14(10-7-3,13(4)15)12-9-6-2/h1,5-12H2,2-4H3. The van der Waals surface area contributed by atoms with Crippen LogP contribution >= 0.6 is 0 Å². The molecule has 1 atom stereocenters. The molecular weight excluding hydrogens is 184 g/mol. The van der Waals surface area contributed by atoms with Crippen molar-refractivity contribution in [1.29, 1.82) is 0 Å². The fraction of sp³-hybridized carbons (Fsp3) is 0.857. The van der Waals surface area contributed by atoms with E-state index in [1.54, 1.807) is 6.92 Å². The van der Waals surface area contributed by atoms with Crippen LogP contribution < -0.4 is 0 Å². The predicted molar refractivity (Wildman–Crippen MR) is 66.8 cm³/mol. The first kappa shape index (κ1) is 14.7. The molecule has 0 bridgehead atoms. The van der Waals surface area contributed by atoms with Gasteiger partial charge in [0.15, 0.2) is 0 Å². The second-order valence-corrected chi connectivity index (χ2v) is 4.65. The van der Waals surface area contributed by atoms with Crippen molar-refractivity contribution in [1.82, 2.24) is 0 Å². The normalized spacial score (nSPS) is 11.7. The van der Waals surface area contributed by atoms with Crippen LogP contribution in [-0.2, 0) is 4.79 Å². The first-order valence-corrected chi connectivity index (χ1v) is 6.43. The van der Waals surface area contributed by atoms with Gasteiger partial charge in [-0.1, -0.05) is 52.9 Å². The van der Waals surface area contributed by atoms with Crippen molar-refractivity contribution in [2.45, 2.75) is 72.1 Å². The Morgan fingerprint density at radius 3 is 2.07 bits per heavy atom. The molecule has 0 N–H and O–H groups in total. The van der Waals surface area contributed by atoms with Crippen molar-refractivity contribution in [3.63, 3.8) is 0 Å².